The molecule has 2 N–H and O–H groups in total. The van der Waals surface area contributed by atoms with Gasteiger partial charge in [-0.05, 0) is 68.7 Å². The van der Waals surface area contributed by atoms with Crippen molar-refractivity contribution < 1.29 is 0 Å². The van der Waals surface area contributed by atoms with Crippen LogP contribution in [0, 0.1) is 13.8 Å². The van der Waals surface area contributed by atoms with Crippen LogP contribution in [0.5, 0.6) is 0 Å². The molecule has 0 heterocycles. The van der Waals surface area contributed by atoms with Gasteiger partial charge >= 0.3 is 0 Å². The Morgan fingerprint density at radius 3 is 2.29 bits per heavy atom. The fourth-order valence-corrected chi connectivity index (χ4v) is 2.53. The van der Waals surface area contributed by atoms with Gasteiger partial charge in [0.05, 0.1) is 0 Å². The Hall–Kier alpha value is -0.530. The highest BCUT2D eigenvalue weighted by Gasteiger charge is 2.14. The van der Waals surface area contributed by atoms with E-state index in [1.807, 2.05) is 0 Å². The summed E-state index contributed by atoms with van der Waals surface area (Å²) >= 11 is 6.36. The molecule has 0 saturated carbocycles. The molecular formula is C15H24ClN. The highest BCUT2D eigenvalue weighted by molar-refractivity contribution is 6.31. The van der Waals surface area contributed by atoms with Gasteiger partial charge in [0.25, 0.3) is 0 Å². The fraction of sp³-hybridized carbons (Fsp3) is 0.600. The van der Waals surface area contributed by atoms with Gasteiger partial charge in [-0.25, -0.2) is 0 Å². The maximum atomic E-state index is 6.36. The number of hydrogen-bond donors (Lipinski definition) is 1. The Kier molecular flexibility index (Phi) is 5.48. The zero-order valence-electron chi connectivity index (χ0n) is 11.4. The summed E-state index contributed by atoms with van der Waals surface area (Å²) in [5, 5.41) is 0.907. The lowest BCUT2D eigenvalue weighted by molar-refractivity contribution is 0.532. The highest BCUT2D eigenvalue weighted by Crippen LogP contribution is 2.32. The van der Waals surface area contributed by atoms with Crippen molar-refractivity contribution >= 4 is 11.6 Å². The molecular weight excluding hydrogens is 230 g/mol. The first-order valence-corrected chi connectivity index (χ1v) is 6.85. The van der Waals surface area contributed by atoms with Crippen molar-refractivity contribution in [2.75, 3.05) is 0 Å². The number of benzene rings is 1. The average Bonchev–Trinajstić information content (AvgIpc) is 2.25. The van der Waals surface area contributed by atoms with Crippen LogP contribution in [-0.2, 0) is 0 Å². The van der Waals surface area contributed by atoms with Crippen molar-refractivity contribution in [3.63, 3.8) is 0 Å². The van der Waals surface area contributed by atoms with Gasteiger partial charge in [-0.15, -0.1) is 0 Å². The lowest BCUT2D eigenvalue weighted by Crippen LogP contribution is -2.16. The molecule has 2 heteroatoms. The maximum absolute atomic E-state index is 6.36. The first kappa shape index (κ1) is 14.5. The van der Waals surface area contributed by atoms with Crippen molar-refractivity contribution in [3.8, 4) is 0 Å². The minimum atomic E-state index is 0.273. The smallest absolute Gasteiger partial charge is 0.0443 e. The van der Waals surface area contributed by atoms with E-state index in [9.17, 15) is 0 Å². The molecule has 0 spiro atoms. The van der Waals surface area contributed by atoms with Gasteiger partial charge < -0.3 is 5.73 Å². The Bertz CT molecular complexity index is 371. The summed E-state index contributed by atoms with van der Waals surface area (Å²) < 4.78 is 0. The van der Waals surface area contributed by atoms with E-state index >= 15 is 0 Å². The van der Waals surface area contributed by atoms with Crippen molar-refractivity contribution in [3.05, 3.63) is 33.8 Å². The lowest BCUT2D eigenvalue weighted by atomic mass is 9.89. The van der Waals surface area contributed by atoms with Gasteiger partial charge in [0, 0.05) is 11.1 Å². The second-order valence-corrected chi connectivity index (χ2v) is 5.52. The summed E-state index contributed by atoms with van der Waals surface area (Å²) in [6.45, 7) is 8.54. The van der Waals surface area contributed by atoms with Crippen LogP contribution in [0.25, 0.3) is 0 Å². The number of halogens is 1. The Balaban J connectivity index is 2.91. The number of aryl methyl sites for hydroxylation is 2. The van der Waals surface area contributed by atoms with Crippen LogP contribution in [0.15, 0.2) is 12.1 Å². The minimum Gasteiger partial charge on any atom is -0.328 e. The van der Waals surface area contributed by atoms with E-state index in [0.717, 1.165) is 24.3 Å². The maximum Gasteiger partial charge on any atom is 0.0443 e. The number of rotatable bonds is 5. The molecule has 0 radical (unpaired) electrons. The highest BCUT2D eigenvalue weighted by atomic mass is 35.5. The summed E-state index contributed by atoms with van der Waals surface area (Å²) in [5.74, 6) is 0.535. The van der Waals surface area contributed by atoms with E-state index < -0.39 is 0 Å². The van der Waals surface area contributed by atoms with Crippen molar-refractivity contribution in [2.45, 2.75) is 58.9 Å². The standard InChI is InChI=1S/C15H24ClN/c1-5-13(7-6-12(4)17)14-8-10(2)11(3)9-15(14)16/h8-9,12-13H,5-7,17H2,1-4H3. The third kappa shape index (κ3) is 4.01. The van der Waals surface area contributed by atoms with Crippen molar-refractivity contribution in [2.24, 2.45) is 5.73 Å². The van der Waals surface area contributed by atoms with Crippen LogP contribution in [-0.4, -0.2) is 6.04 Å². The molecule has 0 aromatic heterocycles. The van der Waals surface area contributed by atoms with E-state index in [4.69, 9.17) is 17.3 Å². The molecule has 2 unspecified atom stereocenters. The number of nitrogens with two attached hydrogens (primary N) is 1. The first-order valence-electron chi connectivity index (χ1n) is 6.47. The third-order valence-corrected chi connectivity index (χ3v) is 3.84. The van der Waals surface area contributed by atoms with Crippen LogP contribution >= 0.6 is 11.6 Å². The van der Waals surface area contributed by atoms with Crippen LogP contribution in [0.2, 0.25) is 5.02 Å². The molecule has 0 bridgehead atoms. The molecule has 0 saturated heterocycles. The Morgan fingerprint density at radius 2 is 1.76 bits per heavy atom. The van der Waals surface area contributed by atoms with Crippen LogP contribution in [0.3, 0.4) is 0 Å². The first-order chi connectivity index (χ1) is 7.95. The summed E-state index contributed by atoms with van der Waals surface area (Å²) in [6.07, 6.45) is 3.30. The van der Waals surface area contributed by atoms with E-state index in [1.165, 1.54) is 16.7 Å². The largest absolute Gasteiger partial charge is 0.328 e. The summed E-state index contributed by atoms with van der Waals surface area (Å²) in [5.41, 5.74) is 9.71. The molecule has 0 aliphatic heterocycles. The van der Waals surface area contributed by atoms with Gasteiger partial charge in [0.2, 0.25) is 0 Å². The molecule has 17 heavy (non-hydrogen) atoms. The Morgan fingerprint density at radius 1 is 1.18 bits per heavy atom. The molecule has 1 nitrogen and oxygen atoms in total. The zero-order chi connectivity index (χ0) is 13.0. The van der Waals surface area contributed by atoms with Crippen LogP contribution < -0.4 is 5.73 Å². The number of hydrogen-bond acceptors (Lipinski definition) is 1. The minimum absolute atomic E-state index is 0.273. The zero-order valence-corrected chi connectivity index (χ0v) is 12.1. The quantitative estimate of drug-likeness (QED) is 0.817. The molecule has 1 rings (SSSR count). The van der Waals surface area contributed by atoms with Crippen molar-refractivity contribution in [1.29, 1.82) is 0 Å². The molecule has 0 aliphatic carbocycles. The topological polar surface area (TPSA) is 26.0 Å². The van der Waals surface area contributed by atoms with E-state index in [1.54, 1.807) is 0 Å². The van der Waals surface area contributed by atoms with Crippen molar-refractivity contribution in [1.82, 2.24) is 0 Å². The second kappa shape index (κ2) is 6.42. The van der Waals surface area contributed by atoms with Gasteiger partial charge in [0.1, 0.15) is 0 Å². The SMILES string of the molecule is CCC(CCC(C)N)c1cc(C)c(C)cc1Cl. The molecule has 0 aliphatic rings. The predicted molar refractivity (Wildman–Crippen MR) is 76.8 cm³/mol. The van der Waals surface area contributed by atoms with E-state index in [2.05, 4.69) is 39.8 Å². The van der Waals surface area contributed by atoms with E-state index in [-0.39, 0.29) is 6.04 Å². The summed E-state index contributed by atoms with van der Waals surface area (Å²) in [4.78, 5) is 0. The lowest BCUT2D eigenvalue weighted by Gasteiger charge is -2.19. The second-order valence-electron chi connectivity index (χ2n) is 5.12. The monoisotopic (exact) mass is 253 g/mol. The predicted octanol–water partition coefficient (Wildman–Crippen LogP) is 4.58. The van der Waals surface area contributed by atoms with Gasteiger partial charge in [-0.2, -0.15) is 0 Å². The van der Waals surface area contributed by atoms with Gasteiger partial charge in [-0.3, -0.25) is 0 Å². The Labute approximate surface area is 110 Å². The van der Waals surface area contributed by atoms with Crippen LogP contribution in [0.1, 0.15) is 55.7 Å². The van der Waals surface area contributed by atoms with E-state index in [0.29, 0.717) is 5.92 Å². The average molecular weight is 254 g/mol. The molecule has 0 fully saturated rings. The molecule has 1 aromatic rings. The molecule has 96 valence electrons. The summed E-state index contributed by atoms with van der Waals surface area (Å²) in [6, 6.07) is 4.60. The third-order valence-electron chi connectivity index (χ3n) is 3.52. The normalized spacial score (nSPS) is 14.7. The van der Waals surface area contributed by atoms with Gasteiger partial charge in [-0.1, -0.05) is 24.6 Å². The molecule has 1 aromatic carbocycles. The molecule has 2 atom stereocenters. The van der Waals surface area contributed by atoms with Crippen LogP contribution in [0.4, 0.5) is 0 Å². The molecule has 0 amide bonds. The fourth-order valence-electron chi connectivity index (χ4n) is 2.16. The van der Waals surface area contributed by atoms with Gasteiger partial charge in [0.15, 0.2) is 0 Å². The summed E-state index contributed by atoms with van der Waals surface area (Å²) in [7, 11) is 0.